The molecule has 2 fully saturated rings. The first-order valence-corrected chi connectivity index (χ1v) is 9.26. The molecule has 27 heavy (non-hydrogen) atoms. The van der Waals surface area contributed by atoms with Crippen molar-refractivity contribution in [3.8, 4) is 17.6 Å². The van der Waals surface area contributed by atoms with Crippen LogP contribution in [-0.4, -0.2) is 49.3 Å². The van der Waals surface area contributed by atoms with Gasteiger partial charge in [0.05, 0.1) is 41.8 Å². The van der Waals surface area contributed by atoms with E-state index in [2.05, 4.69) is 6.07 Å². The van der Waals surface area contributed by atoms with E-state index in [4.69, 9.17) is 9.47 Å². The summed E-state index contributed by atoms with van der Waals surface area (Å²) < 4.78 is 24.3. The lowest BCUT2D eigenvalue weighted by Gasteiger charge is -2.35. The molecule has 0 amide bonds. The molecule has 0 spiro atoms. The Hall–Kier alpha value is -2.40. The number of benzene rings is 1. The first kappa shape index (κ1) is 19.4. The lowest BCUT2D eigenvalue weighted by Crippen LogP contribution is -2.33. The summed E-state index contributed by atoms with van der Waals surface area (Å²) in [7, 11) is 1.48. The largest absolute Gasteiger partial charge is 0.493 e. The monoisotopic (exact) mass is 377 g/mol. The summed E-state index contributed by atoms with van der Waals surface area (Å²) in [6.45, 7) is 2.28. The summed E-state index contributed by atoms with van der Waals surface area (Å²) >= 11 is 0. The highest BCUT2D eigenvalue weighted by Crippen LogP contribution is 2.49. The Morgan fingerprint density at radius 3 is 2.74 bits per heavy atom. The molecule has 1 aliphatic carbocycles. The number of rotatable bonds is 8. The van der Waals surface area contributed by atoms with Gasteiger partial charge < -0.3 is 14.4 Å². The van der Waals surface area contributed by atoms with Crippen LogP contribution in [0.15, 0.2) is 12.1 Å². The number of likely N-dealkylation sites (tertiary alicyclic amines) is 1. The average Bonchev–Trinajstić information content (AvgIpc) is 3.03. The van der Waals surface area contributed by atoms with Gasteiger partial charge in [-0.15, -0.1) is 0 Å². The average molecular weight is 377 g/mol. The third-order valence-electron chi connectivity index (χ3n) is 5.51. The van der Waals surface area contributed by atoms with Gasteiger partial charge in [-0.3, -0.25) is 10.1 Å². The third kappa shape index (κ3) is 3.98. The maximum atomic E-state index is 13.2. The van der Waals surface area contributed by atoms with Crippen molar-refractivity contribution in [2.45, 2.75) is 43.7 Å². The van der Waals surface area contributed by atoms with E-state index in [1.807, 2.05) is 4.90 Å². The second-order valence-corrected chi connectivity index (χ2v) is 7.21. The van der Waals surface area contributed by atoms with Gasteiger partial charge in [-0.25, -0.2) is 4.39 Å². The third-order valence-corrected chi connectivity index (χ3v) is 5.51. The molecule has 146 valence electrons. The SMILES string of the molecule is COc1cc(C2(C#N)CCC2)c([N+](=O)[O-])cc1OCCCN1CC[C@H](F)C1. The van der Waals surface area contributed by atoms with E-state index in [-0.39, 0.29) is 5.69 Å². The fourth-order valence-corrected chi connectivity index (χ4v) is 3.79. The van der Waals surface area contributed by atoms with Crippen molar-refractivity contribution in [1.82, 2.24) is 4.90 Å². The molecular weight excluding hydrogens is 353 g/mol. The summed E-state index contributed by atoms with van der Waals surface area (Å²) in [5, 5.41) is 21.1. The highest BCUT2D eigenvalue weighted by atomic mass is 19.1. The van der Waals surface area contributed by atoms with Crippen molar-refractivity contribution in [2.75, 3.05) is 33.4 Å². The first-order valence-electron chi connectivity index (χ1n) is 9.26. The zero-order valence-electron chi connectivity index (χ0n) is 15.4. The van der Waals surface area contributed by atoms with Gasteiger partial charge in [0.2, 0.25) is 0 Å². The minimum Gasteiger partial charge on any atom is -0.493 e. The highest BCUT2D eigenvalue weighted by Gasteiger charge is 2.44. The van der Waals surface area contributed by atoms with Crippen molar-refractivity contribution < 1.29 is 18.8 Å². The maximum Gasteiger partial charge on any atom is 0.278 e. The van der Waals surface area contributed by atoms with Gasteiger partial charge in [0, 0.05) is 19.6 Å². The molecule has 0 N–H and O–H groups in total. The van der Waals surface area contributed by atoms with Crippen molar-refractivity contribution >= 4 is 5.69 Å². The Bertz CT molecular complexity index is 745. The number of hydrogen-bond donors (Lipinski definition) is 0. The number of nitrogens with zero attached hydrogens (tertiary/aromatic N) is 3. The quantitative estimate of drug-likeness (QED) is 0.392. The van der Waals surface area contributed by atoms with Gasteiger partial charge in [0.15, 0.2) is 11.5 Å². The van der Waals surface area contributed by atoms with Gasteiger partial charge >= 0.3 is 0 Å². The second-order valence-electron chi connectivity index (χ2n) is 7.21. The van der Waals surface area contributed by atoms with Crippen molar-refractivity contribution in [3.63, 3.8) is 0 Å². The number of halogens is 1. The summed E-state index contributed by atoms with van der Waals surface area (Å²) in [5.74, 6) is 0.687. The van der Waals surface area contributed by atoms with Crippen LogP contribution in [0.5, 0.6) is 11.5 Å². The molecule has 0 radical (unpaired) electrons. The van der Waals surface area contributed by atoms with Crippen molar-refractivity contribution in [1.29, 1.82) is 5.26 Å². The molecule has 8 heteroatoms. The molecule has 3 rings (SSSR count). The Labute approximate surface area is 157 Å². The number of methoxy groups -OCH3 is 1. The van der Waals surface area contributed by atoms with Crippen LogP contribution in [0, 0.1) is 21.4 Å². The molecule has 2 aliphatic rings. The fourth-order valence-electron chi connectivity index (χ4n) is 3.79. The van der Waals surface area contributed by atoms with Gasteiger partial charge in [0.25, 0.3) is 5.69 Å². The van der Waals surface area contributed by atoms with Crippen LogP contribution in [0.4, 0.5) is 10.1 Å². The molecule has 1 aromatic rings. The topological polar surface area (TPSA) is 88.6 Å². The molecule has 1 aromatic carbocycles. The van der Waals surface area contributed by atoms with E-state index in [0.717, 1.165) is 19.5 Å². The summed E-state index contributed by atoms with van der Waals surface area (Å²) in [4.78, 5) is 13.1. The van der Waals surface area contributed by atoms with Crippen LogP contribution >= 0.6 is 0 Å². The summed E-state index contributed by atoms with van der Waals surface area (Å²) in [6.07, 6.45) is 2.61. The predicted octanol–water partition coefficient (Wildman–Crippen LogP) is 3.36. The zero-order valence-corrected chi connectivity index (χ0v) is 15.4. The summed E-state index contributed by atoms with van der Waals surface area (Å²) in [6, 6.07) is 5.18. The first-order chi connectivity index (χ1) is 13.0. The van der Waals surface area contributed by atoms with Crippen LogP contribution < -0.4 is 9.47 Å². The lowest BCUT2D eigenvalue weighted by atomic mass is 9.65. The van der Waals surface area contributed by atoms with E-state index >= 15 is 0 Å². The molecule has 1 saturated heterocycles. The van der Waals surface area contributed by atoms with E-state index in [0.29, 0.717) is 55.9 Å². The smallest absolute Gasteiger partial charge is 0.278 e. The zero-order chi connectivity index (χ0) is 19.4. The van der Waals surface area contributed by atoms with E-state index in [9.17, 15) is 19.8 Å². The fraction of sp³-hybridized carbons (Fsp3) is 0.632. The number of ether oxygens (including phenoxy) is 2. The van der Waals surface area contributed by atoms with E-state index < -0.39 is 16.5 Å². The van der Waals surface area contributed by atoms with Gasteiger partial charge in [-0.1, -0.05) is 0 Å². The number of hydrogen-bond acceptors (Lipinski definition) is 6. The second kappa shape index (κ2) is 8.09. The predicted molar refractivity (Wildman–Crippen MR) is 96.9 cm³/mol. The Morgan fingerprint density at radius 2 is 2.22 bits per heavy atom. The summed E-state index contributed by atoms with van der Waals surface area (Å²) in [5.41, 5.74) is -0.518. The Kier molecular flexibility index (Phi) is 5.80. The highest BCUT2D eigenvalue weighted by molar-refractivity contribution is 5.59. The number of nitro groups is 1. The number of nitriles is 1. The molecule has 1 aliphatic heterocycles. The molecule has 0 unspecified atom stereocenters. The minimum absolute atomic E-state index is 0.105. The Morgan fingerprint density at radius 1 is 1.44 bits per heavy atom. The molecule has 1 saturated carbocycles. The van der Waals surface area contributed by atoms with Gasteiger partial charge in [-0.2, -0.15) is 5.26 Å². The molecule has 1 heterocycles. The van der Waals surface area contributed by atoms with Crippen LogP contribution in [0.1, 0.15) is 37.7 Å². The van der Waals surface area contributed by atoms with Crippen LogP contribution in [0.25, 0.3) is 0 Å². The van der Waals surface area contributed by atoms with Gasteiger partial charge in [0.1, 0.15) is 6.17 Å². The van der Waals surface area contributed by atoms with E-state index in [1.54, 1.807) is 6.07 Å². The molecule has 0 aromatic heterocycles. The number of alkyl halides is 1. The van der Waals surface area contributed by atoms with Crippen molar-refractivity contribution in [3.05, 3.63) is 27.8 Å². The van der Waals surface area contributed by atoms with E-state index in [1.165, 1.54) is 13.2 Å². The van der Waals surface area contributed by atoms with Crippen LogP contribution in [-0.2, 0) is 5.41 Å². The number of nitro benzene ring substituents is 1. The Balaban J connectivity index is 1.72. The maximum absolute atomic E-state index is 13.2. The minimum atomic E-state index is -0.813. The normalized spacial score (nSPS) is 21.3. The molecule has 1 atom stereocenters. The van der Waals surface area contributed by atoms with Crippen LogP contribution in [0.2, 0.25) is 0 Å². The molecular formula is C19H24FN3O4. The molecule has 7 nitrogen and oxygen atoms in total. The van der Waals surface area contributed by atoms with Crippen LogP contribution in [0.3, 0.4) is 0 Å². The van der Waals surface area contributed by atoms with Gasteiger partial charge in [-0.05, 0) is 38.2 Å². The molecule has 0 bridgehead atoms. The lowest BCUT2D eigenvalue weighted by molar-refractivity contribution is -0.386. The van der Waals surface area contributed by atoms with Crippen molar-refractivity contribution in [2.24, 2.45) is 0 Å². The standard InChI is InChI=1S/C19H24FN3O4/c1-26-17-10-15(19(13-21)5-2-6-19)16(23(24)25)11-18(17)27-9-3-7-22-8-4-14(20)12-22/h10-11,14H,2-9,12H2,1H3/t14-/m0/s1.